The van der Waals surface area contributed by atoms with Crippen LogP contribution in [-0.2, 0) is 44.8 Å². The van der Waals surface area contributed by atoms with Gasteiger partial charge in [0.25, 0.3) is 0 Å². The van der Waals surface area contributed by atoms with Crippen LogP contribution < -0.4 is 37.8 Å². The number of hydrogen-bond acceptors (Lipinski definition) is 12. The molecule has 1 aliphatic heterocycles. The minimum atomic E-state index is -5.15. The van der Waals surface area contributed by atoms with Crippen LogP contribution in [-0.4, -0.2) is 126 Å². The molecule has 1 aromatic rings. The molecule has 1 aromatic carbocycles. The maximum Gasteiger partial charge on any atom is 0.492 e. The molecule has 1 fully saturated rings. The zero-order chi connectivity index (χ0) is 41.3. The molecule has 6 amide bonds. The molecule has 0 radical (unpaired) electrons. The number of halogens is 3. The number of aromatic hydroxyl groups is 1. The summed E-state index contributed by atoms with van der Waals surface area (Å²) in [4.78, 5) is 94.7. The molecule has 5 atom stereocenters. The second kappa shape index (κ2) is 22.7. The van der Waals surface area contributed by atoms with Crippen molar-refractivity contribution in [3.05, 3.63) is 29.8 Å². The summed E-state index contributed by atoms with van der Waals surface area (Å²) < 4.78 is 36.7. The molecule has 0 saturated carbocycles. The summed E-state index contributed by atoms with van der Waals surface area (Å²) in [5, 5.41) is 22.5. The molecule has 2 rings (SSSR count). The van der Waals surface area contributed by atoms with E-state index in [0.717, 1.165) is 0 Å². The molecule has 1 heterocycles. The summed E-state index contributed by atoms with van der Waals surface area (Å²) in [5.41, 5.74) is 8.17. The number of nitrogens with zero attached hydrogens (tertiary/aromatic N) is 1. The van der Waals surface area contributed by atoms with Gasteiger partial charge in [0.1, 0.15) is 29.9 Å². The van der Waals surface area contributed by atoms with E-state index < -0.39 is 84.3 Å². The molecule has 0 bridgehead atoms. The monoisotopic (exact) mass is 804 g/mol. The fraction of sp³-hybridized carbons (Fsp3) is 0.618. The third-order valence-electron chi connectivity index (χ3n) is 8.14. The van der Waals surface area contributed by atoms with Crippen LogP contribution in [0.5, 0.6) is 5.75 Å². The fourth-order valence-electron chi connectivity index (χ4n) is 5.40. The van der Waals surface area contributed by atoms with Gasteiger partial charge in [-0.05, 0) is 62.5 Å². The molecule has 0 spiro atoms. The van der Waals surface area contributed by atoms with E-state index in [4.69, 9.17) is 5.73 Å². The SMILES string of the molecule is CSC[C@H](NC(=O)[C@H](Cc1ccc(O)cc1)NC(=O)[C@H](C)N)C(=O)NCC(=O)N[C@@H](CC(C)C)C(=O)N1CCC[C@H]1C(=O)NCCCNOC(=O)C(F)(F)F. The molecule has 1 saturated heterocycles. The van der Waals surface area contributed by atoms with Crippen LogP contribution in [0.4, 0.5) is 13.2 Å². The zero-order valence-corrected chi connectivity index (χ0v) is 31.9. The molecular formula is C34H51F3N8O9S. The van der Waals surface area contributed by atoms with Gasteiger partial charge in [-0.25, -0.2) is 4.79 Å². The van der Waals surface area contributed by atoms with Crippen molar-refractivity contribution in [1.29, 1.82) is 0 Å². The van der Waals surface area contributed by atoms with Crippen molar-refractivity contribution in [3.8, 4) is 5.75 Å². The maximum atomic E-state index is 13.7. The van der Waals surface area contributed by atoms with Crippen molar-refractivity contribution in [2.75, 3.05) is 38.2 Å². The predicted octanol–water partition coefficient (Wildman–Crippen LogP) is -0.631. The van der Waals surface area contributed by atoms with Crippen LogP contribution in [0.25, 0.3) is 0 Å². The number of hydrogen-bond donors (Lipinski definition) is 8. The van der Waals surface area contributed by atoms with E-state index in [1.165, 1.54) is 35.7 Å². The summed E-state index contributed by atoms with van der Waals surface area (Å²) >= 11 is 1.25. The Kier molecular flexibility index (Phi) is 19.2. The Bertz CT molecular complexity index is 1480. The van der Waals surface area contributed by atoms with Crippen LogP contribution in [0, 0.1) is 5.92 Å². The number of likely N-dealkylation sites (tertiary alicyclic amines) is 1. The number of nitrogens with one attached hydrogen (secondary N) is 6. The van der Waals surface area contributed by atoms with Crippen LogP contribution in [0.1, 0.15) is 52.0 Å². The van der Waals surface area contributed by atoms with Gasteiger partial charge in [0.05, 0.1) is 12.6 Å². The molecule has 55 heavy (non-hydrogen) atoms. The van der Waals surface area contributed by atoms with Crippen LogP contribution in [0.2, 0.25) is 0 Å². The predicted molar refractivity (Wildman–Crippen MR) is 195 cm³/mol. The number of phenols is 1. The van der Waals surface area contributed by atoms with Gasteiger partial charge in [-0.1, -0.05) is 26.0 Å². The highest BCUT2D eigenvalue weighted by molar-refractivity contribution is 7.98. The summed E-state index contributed by atoms with van der Waals surface area (Å²) in [6.45, 7) is 4.65. The highest BCUT2D eigenvalue weighted by atomic mass is 32.2. The van der Waals surface area contributed by atoms with Gasteiger partial charge >= 0.3 is 12.1 Å². The lowest BCUT2D eigenvalue weighted by Gasteiger charge is -2.29. The van der Waals surface area contributed by atoms with E-state index in [0.29, 0.717) is 18.4 Å². The number of hydroxylamine groups is 1. The number of carbonyl (C=O) groups is 7. The van der Waals surface area contributed by atoms with E-state index in [1.807, 2.05) is 19.3 Å². The molecule has 308 valence electrons. The van der Waals surface area contributed by atoms with Gasteiger partial charge in [-0.15, -0.1) is 0 Å². The number of carbonyl (C=O) groups excluding carboxylic acids is 7. The highest BCUT2D eigenvalue weighted by Gasteiger charge is 2.41. The maximum absolute atomic E-state index is 13.7. The van der Waals surface area contributed by atoms with Crippen molar-refractivity contribution >= 4 is 53.2 Å². The van der Waals surface area contributed by atoms with Crippen LogP contribution in [0.15, 0.2) is 24.3 Å². The number of alkyl halides is 3. The second-order valence-electron chi connectivity index (χ2n) is 13.3. The minimum Gasteiger partial charge on any atom is -0.508 e. The van der Waals surface area contributed by atoms with E-state index in [2.05, 4.69) is 31.4 Å². The largest absolute Gasteiger partial charge is 0.508 e. The van der Waals surface area contributed by atoms with Crippen LogP contribution in [0.3, 0.4) is 0 Å². The smallest absolute Gasteiger partial charge is 0.492 e. The van der Waals surface area contributed by atoms with Crippen LogP contribution >= 0.6 is 11.8 Å². The number of amides is 6. The average Bonchev–Trinajstić information content (AvgIpc) is 3.61. The Morgan fingerprint density at radius 2 is 1.58 bits per heavy atom. The third-order valence-corrected chi connectivity index (χ3v) is 8.81. The Morgan fingerprint density at radius 1 is 0.927 bits per heavy atom. The summed E-state index contributed by atoms with van der Waals surface area (Å²) in [6, 6.07) is 0.933. The number of phenolic OH excluding ortho intramolecular Hbond substituents is 1. The van der Waals surface area contributed by atoms with Gasteiger partial charge in [0.2, 0.25) is 35.4 Å². The molecule has 1 aliphatic rings. The number of thioether (sulfide) groups is 1. The topological polar surface area (TPSA) is 250 Å². The number of nitrogens with two attached hydrogens (primary N) is 1. The molecule has 17 nitrogen and oxygen atoms in total. The van der Waals surface area contributed by atoms with Gasteiger partial charge in [-0.3, -0.25) is 28.8 Å². The van der Waals surface area contributed by atoms with E-state index in [1.54, 1.807) is 18.4 Å². The van der Waals surface area contributed by atoms with Crippen molar-refractivity contribution in [2.45, 2.75) is 89.3 Å². The first-order valence-corrected chi connectivity index (χ1v) is 19.0. The molecule has 0 aliphatic carbocycles. The summed E-state index contributed by atoms with van der Waals surface area (Å²) in [6.07, 6.45) is -2.25. The van der Waals surface area contributed by atoms with Crippen molar-refractivity contribution < 1.29 is 56.7 Å². The first kappa shape index (κ1) is 46.5. The lowest BCUT2D eigenvalue weighted by molar-refractivity contribution is -0.206. The first-order valence-electron chi connectivity index (χ1n) is 17.6. The van der Waals surface area contributed by atoms with E-state index in [-0.39, 0.29) is 56.3 Å². The quantitative estimate of drug-likeness (QED) is 0.0572. The fourth-order valence-corrected chi connectivity index (χ4v) is 5.97. The van der Waals surface area contributed by atoms with Crippen molar-refractivity contribution in [2.24, 2.45) is 11.7 Å². The first-order chi connectivity index (χ1) is 25.8. The minimum absolute atomic E-state index is 0.0119. The van der Waals surface area contributed by atoms with Gasteiger partial charge in [0, 0.05) is 31.8 Å². The lowest BCUT2D eigenvalue weighted by Crippen LogP contribution is -2.58. The average molecular weight is 805 g/mol. The standard InChI is InChI=1S/C34H51F3N8O9S/c1-19(2)15-24(32(52)45-14-5-7-26(45)31(51)39-12-6-13-41-54-33(53)34(35,36)37)42-27(47)17-40-29(49)25(18-55-4)44-30(50)23(43-28(48)20(3)38)16-21-8-10-22(46)11-9-21/h8-11,19-20,23-26,41,46H,5-7,12-18,38H2,1-4H3,(H,39,51)(H,40,49)(H,42,47)(H,43,48)(H,44,50)/t20-,23-,24-,25-,26-/m0/s1. The molecule has 0 unspecified atom stereocenters. The van der Waals surface area contributed by atoms with Crippen molar-refractivity contribution in [3.63, 3.8) is 0 Å². The highest BCUT2D eigenvalue weighted by Crippen LogP contribution is 2.21. The second-order valence-corrected chi connectivity index (χ2v) is 14.2. The molecule has 9 N–H and O–H groups in total. The Balaban J connectivity index is 1.99. The normalized spacial score (nSPS) is 16.3. The van der Waals surface area contributed by atoms with Gasteiger partial charge in [0.15, 0.2) is 0 Å². The third kappa shape index (κ3) is 16.3. The van der Waals surface area contributed by atoms with Crippen molar-refractivity contribution in [1.82, 2.24) is 37.0 Å². The molecule has 0 aromatic heterocycles. The van der Waals surface area contributed by atoms with E-state index >= 15 is 0 Å². The Labute approximate surface area is 321 Å². The number of benzene rings is 1. The summed E-state index contributed by atoms with van der Waals surface area (Å²) in [7, 11) is 0. The summed E-state index contributed by atoms with van der Waals surface area (Å²) in [5.74, 6) is -6.02. The zero-order valence-electron chi connectivity index (χ0n) is 31.1. The van der Waals surface area contributed by atoms with E-state index in [9.17, 15) is 51.8 Å². The van der Waals surface area contributed by atoms with Gasteiger partial charge < -0.3 is 47.2 Å². The Hall–Kier alpha value is -4.63. The molecule has 21 heteroatoms. The number of rotatable bonds is 21. The Morgan fingerprint density at radius 3 is 2.18 bits per heavy atom. The molecular weight excluding hydrogens is 753 g/mol. The lowest BCUT2D eigenvalue weighted by atomic mass is 10.0. The van der Waals surface area contributed by atoms with Gasteiger partial charge in [-0.2, -0.15) is 30.4 Å².